The Bertz CT molecular complexity index is 1090. The van der Waals surface area contributed by atoms with E-state index < -0.39 is 0 Å². The number of aromatic hydroxyl groups is 1. The van der Waals surface area contributed by atoms with Gasteiger partial charge in [-0.1, -0.05) is 23.7 Å². The number of fused-ring (bicyclic) bond motifs is 1. The second-order valence-corrected chi connectivity index (χ2v) is 8.50. The molecule has 0 spiro atoms. The van der Waals surface area contributed by atoms with Gasteiger partial charge in [-0.25, -0.2) is 4.98 Å². The first-order chi connectivity index (χ1) is 14.8. The van der Waals surface area contributed by atoms with Crippen molar-refractivity contribution < 1.29 is 9.90 Å². The highest BCUT2D eigenvalue weighted by atomic mass is 35.5. The molecule has 1 aliphatic rings. The lowest BCUT2D eigenvalue weighted by atomic mass is 10.2. The predicted molar refractivity (Wildman–Crippen MR) is 123 cm³/mol. The highest BCUT2D eigenvalue weighted by Crippen LogP contribution is 2.34. The molecule has 9 heteroatoms. The van der Waals surface area contributed by atoms with Gasteiger partial charge in [0, 0.05) is 56.9 Å². The number of nitrogens with one attached hydrogen (secondary N) is 1. The lowest BCUT2D eigenvalue weighted by Gasteiger charge is -2.34. The van der Waals surface area contributed by atoms with Crippen LogP contribution in [0.2, 0.25) is 5.02 Å². The Morgan fingerprint density at radius 2 is 1.84 bits per heavy atom. The van der Waals surface area contributed by atoms with Gasteiger partial charge in [0.1, 0.15) is 11.3 Å². The van der Waals surface area contributed by atoms with Gasteiger partial charge in [-0.2, -0.15) is 4.98 Å². The average Bonchev–Trinajstić information content (AvgIpc) is 3.10. The van der Waals surface area contributed by atoms with E-state index in [4.69, 9.17) is 16.6 Å². The van der Waals surface area contributed by atoms with Crippen LogP contribution in [-0.4, -0.2) is 56.6 Å². The smallest absolute Gasteiger partial charge is 0.228 e. The van der Waals surface area contributed by atoms with Crippen LogP contribution in [0.5, 0.6) is 5.88 Å². The number of carbonyl (C=O) groups is 1. The highest BCUT2D eigenvalue weighted by molar-refractivity contribution is 6.30. The zero-order valence-electron chi connectivity index (χ0n) is 18.0. The fourth-order valence-corrected chi connectivity index (χ4v) is 3.88. The van der Waals surface area contributed by atoms with Crippen molar-refractivity contribution in [3.05, 3.63) is 41.0 Å². The Balaban J connectivity index is 1.67. The van der Waals surface area contributed by atoms with E-state index in [1.807, 2.05) is 49.2 Å². The summed E-state index contributed by atoms with van der Waals surface area (Å²) in [6.45, 7) is 8.72. The molecule has 1 saturated heterocycles. The number of halogens is 1. The van der Waals surface area contributed by atoms with E-state index in [0.717, 1.165) is 10.9 Å². The molecule has 2 N–H and O–H groups in total. The molecule has 3 aromatic rings. The van der Waals surface area contributed by atoms with Gasteiger partial charge in [0.2, 0.25) is 17.7 Å². The van der Waals surface area contributed by atoms with Crippen LogP contribution in [0.1, 0.15) is 32.4 Å². The van der Waals surface area contributed by atoms with E-state index >= 15 is 0 Å². The van der Waals surface area contributed by atoms with Crippen molar-refractivity contribution in [1.82, 2.24) is 19.4 Å². The Morgan fingerprint density at radius 3 is 2.45 bits per heavy atom. The summed E-state index contributed by atoms with van der Waals surface area (Å²) < 4.78 is 1.80. The number of hydrogen-bond donors (Lipinski definition) is 2. The van der Waals surface area contributed by atoms with E-state index in [0.29, 0.717) is 55.0 Å². The third-order valence-electron chi connectivity index (χ3n) is 5.60. The maximum atomic E-state index is 11.6. The molecule has 0 aliphatic carbocycles. The van der Waals surface area contributed by atoms with Crippen molar-refractivity contribution in [1.29, 1.82) is 0 Å². The first kappa shape index (κ1) is 21.2. The maximum absolute atomic E-state index is 11.6. The Hall–Kier alpha value is -3.00. The van der Waals surface area contributed by atoms with Crippen molar-refractivity contribution in [2.24, 2.45) is 0 Å². The summed E-state index contributed by atoms with van der Waals surface area (Å²) in [4.78, 5) is 25.0. The fraction of sp³-hybridized carbons (Fsp3) is 0.409. The van der Waals surface area contributed by atoms with E-state index in [2.05, 4.69) is 15.2 Å². The molecule has 1 amide bonds. The van der Waals surface area contributed by atoms with E-state index in [-0.39, 0.29) is 17.8 Å². The fourth-order valence-electron chi connectivity index (χ4n) is 3.75. The van der Waals surface area contributed by atoms with Gasteiger partial charge in [0.05, 0.1) is 5.39 Å². The van der Waals surface area contributed by atoms with Crippen molar-refractivity contribution in [2.75, 3.05) is 36.4 Å². The van der Waals surface area contributed by atoms with Crippen molar-refractivity contribution in [2.45, 2.75) is 33.4 Å². The van der Waals surface area contributed by atoms with Crippen LogP contribution in [0.4, 0.5) is 11.8 Å². The minimum Gasteiger partial charge on any atom is -0.493 e. The number of aromatic nitrogens is 3. The molecule has 1 fully saturated rings. The molecular weight excluding hydrogens is 416 g/mol. The summed E-state index contributed by atoms with van der Waals surface area (Å²) in [5, 5.41) is 15.7. The van der Waals surface area contributed by atoms with Gasteiger partial charge in [0.25, 0.3) is 0 Å². The van der Waals surface area contributed by atoms with Crippen LogP contribution >= 0.6 is 11.6 Å². The quantitative estimate of drug-likeness (QED) is 0.627. The summed E-state index contributed by atoms with van der Waals surface area (Å²) in [7, 11) is 0. The molecule has 4 rings (SSSR count). The molecule has 0 saturated carbocycles. The Labute approximate surface area is 186 Å². The van der Waals surface area contributed by atoms with Gasteiger partial charge >= 0.3 is 0 Å². The lowest BCUT2D eigenvalue weighted by Crippen LogP contribution is -2.48. The normalized spacial score (nSPS) is 14.5. The zero-order chi connectivity index (χ0) is 22.1. The van der Waals surface area contributed by atoms with Crippen molar-refractivity contribution in [3.8, 4) is 5.88 Å². The standard InChI is InChI=1S/C22H27ClN6O2/c1-14(2)29-13-18-19(21(29)31)25-22(28-10-8-27(9-11-28)15(3)30)26-20(18)24-12-16-4-6-17(23)7-5-16/h4-7,13-14,31H,8-12H2,1-3H3,(H,24,25,26). The molecule has 0 bridgehead atoms. The monoisotopic (exact) mass is 442 g/mol. The number of rotatable bonds is 5. The first-order valence-electron chi connectivity index (χ1n) is 10.4. The summed E-state index contributed by atoms with van der Waals surface area (Å²) in [6.07, 6.45) is 1.89. The van der Waals surface area contributed by atoms with Gasteiger partial charge in [-0.15, -0.1) is 0 Å². The second-order valence-electron chi connectivity index (χ2n) is 8.06. The minimum atomic E-state index is 0.0768. The predicted octanol–water partition coefficient (Wildman–Crippen LogP) is 3.65. The maximum Gasteiger partial charge on any atom is 0.228 e. The molecule has 2 aromatic heterocycles. The van der Waals surface area contributed by atoms with Gasteiger partial charge in [0.15, 0.2) is 0 Å². The lowest BCUT2D eigenvalue weighted by molar-refractivity contribution is -0.129. The number of piperazine rings is 1. The number of hydrogen-bond acceptors (Lipinski definition) is 6. The molecule has 3 heterocycles. The Kier molecular flexibility index (Phi) is 5.91. The molecule has 1 aliphatic heterocycles. The van der Waals surface area contributed by atoms with Crippen LogP contribution in [0.15, 0.2) is 30.5 Å². The molecule has 8 nitrogen and oxygen atoms in total. The SMILES string of the molecule is CC(=O)N1CCN(c2nc(NCc3ccc(Cl)cc3)c3cn(C(C)C)c(O)c3n2)CC1. The third kappa shape index (κ3) is 4.39. The molecule has 1 aromatic carbocycles. The van der Waals surface area contributed by atoms with E-state index in [9.17, 15) is 9.90 Å². The highest BCUT2D eigenvalue weighted by Gasteiger charge is 2.24. The summed E-state index contributed by atoms with van der Waals surface area (Å²) in [5.74, 6) is 1.42. The molecular formula is C22H27ClN6O2. The van der Waals surface area contributed by atoms with Gasteiger partial charge in [-0.05, 0) is 31.5 Å². The van der Waals surface area contributed by atoms with E-state index in [1.54, 1.807) is 11.5 Å². The van der Waals surface area contributed by atoms with Crippen molar-refractivity contribution >= 4 is 40.2 Å². The minimum absolute atomic E-state index is 0.0768. The summed E-state index contributed by atoms with van der Waals surface area (Å²) >= 11 is 5.99. The number of amides is 1. The average molecular weight is 443 g/mol. The zero-order valence-corrected chi connectivity index (χ0v) is 18.7. The topological polar surface area (TPSA) is 86.5 Å². The van der Waals surface area contributed by atoms with Crippen LogP contribution in [0.3, 0.4) is 0 Å². The van der Waals surface area contributed by atoms with Gasteiger partial charge < -0.3 is 24.8 Å². The molecule has 0 atom stereocenters. The number of anilines is 2. The molecule has 0 radical (unpaired) electrons. The molecule has 0 unspecified atom stereocenters. The summed E-state index contributed by atoms with van der Waals surface area (Å²) in [6, 6.07) is 7.73. The van der Waals surface area contributed by atoms with Gasteiger partial charge in [-0.3, -0.25) is 4.79 Å². The molecule has 164 valence electrons. The van der Waals surface area contributed by atoms with E-state index in [1.165, 1.54) is 0 Å². The van der Waals surface area contributed by atoms with Crippen LogP contribution in [-0.2, 0) is 11.3 Å². The first-order valence-corrected chi connectivity index (χ1v) is 10.8. The largest absolute Gasteiger partial charge is 0.493 e. The number of benzene rings is 1. The Morgan fingerprint density at radius 1 is 1.16 bits per heavy atom. The summed E-state index contributed by atoms with van der Waals surface area (Å²) in [5.41, 5.74) is 1.59. The number of nitrogens with zero attached hydrogens (tertiary/aromatic N) is 5. The molecule has 31 heavy (non-hydrogen) atoms. The second kappa shape index (κ2) is 8.63. The van der Waals surface area contributed by atoms with Crippen LogP contribution < -0.4 is 10.2 Å². The third-order valence-corrected chi connectivity index (χ3v) is 5.85. The van der Waals surface area contributed by atoms with Crippen LogP contribution in [0.25, 0.3) is 10.9 Å². The van der Waals surface area contributed by atoms with Crippen molar-refractivity contribution in [3.63, 3.8) is 0 Å². The van der Waals surface area contributed by atoms with Crippen LogP contribution in [0, 0.1) is 0 Å². The number of carbonyl (C=O) groups excluding carboxylic acids is 1.